The van der Waals surface area contributed by atoms with Gasteiger partial charge in [0.15, 0.2) is 5.82 Å². The maximum atomic E-state index is 12.4. The number of nitrogens with zero attached hydrogens (tertiary/aromatic N) is 4. The largest absolute Gasteiger partial charge is 0.366 e. The van der Waals surface area contributed by atoms with Crippen molar-refractivity contribution in [3.63, 3.8) is 0 Å². The molecular weight excluding hydrogens is 369 g/mol. The number of hydrogen-bond donors (Lipinski definition) is 1. The molecule has 0 spiro atoms. The van der Waals surface area contributed by atoms with Gasteiger partial charge in [0.25, 0.3) is 5.91 Å². The van der Waals surface area contributed by atoms with Crippen LogP contribution in [0.4, 0.5) is 0 Å². The third kappa shape index (κ3) is 5.27. The van der Waals surface area contributed by atoms with E-state index in [-0.39, 0.29) is 42.9 Å². The smallest absolute Gasteiger partial charge is 0.253 e. The lowest BCUT2D eigenvalue weighted by Crippen LogP contribution is -2.55. The fraction of sp³-hybridized carbons (Fsp3) is 0.800. The van der Waals surface area contributed by atoms with Crippen LogP contribution in [0.3, 0.4) is 0 Å². The minimum atomic E-state index is -0.337. The summed E-state index contributed by atoms with van der Waals surface area (Å²) >= 11 is 0. The van der Waals surface area contributed by atoms with Crippen molar-refractivity contribution >= 4 is 30.7 Å². The molecule has 25 heavy (non-hydrogen) atoms. The molecule has 10 heteroatoms. The summed E-state index contributed by atoms with van der Waals surface area (Å²) in [5.41, 5.74) is 0. The number of amides is 1. The molecule has 0 bridgehead atoms. The highest BCUT2D eigenvalue weighted by Gasteiger charge is 2.31. The molecule has 2 unspecified atom stereocenters. The van der Waals surface area contributed by atoms with Crippen LogP contribution in [0.5, 0.6) is 0 Å². The number of rotatable bonds is 4. The van der Waals surface area contributed by atoms with Gasteiger partial charge in [-0.1, -0.05) is 12.1 Å². The lowest BCUT2D eigenvalue weighted by molar-refractivity contribution is -0.147. The van der Waals surface area contributed by atoms with Crippen LogP contribution in [0.15, 0.2) is 4.52 Å². The van der Waals surface area contributed by atoms with Crippen molar-refractivity contribution in [3.8, 4) is 0 Å². The number of hydrogen-bond acceptors (Lipinski definition) is 7. The van der Waals surface area contributed by atoms with Crippen molar-refractivity contribution in [2.45, 2.75) is 32.4 Å². The Hall–Kier alpha value is -0.930. The van der Waals surface area contributed by atoms with E-state index in [0.717, 1.165) is 31.9 Å². The molecule has 0 radical (unpaired) electrons. The highest BCUT2D eigenvalue weighted by Crippen LogP contribution is 2.20. The second-order valence-corrected chi connectivity index (χ2v) is 6.00. The van der Waals surface area contributed by atoms with E-state index in [4.69, 9.17) is 9.26 Å². The maximum Gasteiger partial charge on any atom is 0.253 e. The highest BCUT2D eigenvalue weighted by atomic mass is 35.5. The van der Waals surface area contributed by atoms with Crippen molar-refractivity contribution in [1.82, 2.24) is 25.3 Å². The Bertz CT molecular complexity index is 531. The van der Waals surface area contributed by atoms with Gasteiger partial charge < -0.3 is 19.5 Å². The molecule has 1 amide bonds. The Labute approximate surface area is 160 Å². The summed E-state index contributed by atoms with van der Waals surface area (Å²) in [6, 6.07) is 0.0765. The van der Waals surface area contributed by atoms with Crippen LogP contribution in [0.25, 0.3) is 0 Å². The Morgan fingerprint density at radius 3 is 2.60 bits per heavy atom. The van der Waals surface area contributed by atoms with E-state index in [1.165, 1.54) is 0 Å². The molecule has 3 heterocycles. The average molecular weight is 396 g/mol. The Morgan fingerprint density at radius 1 is 1.32 bits per heavy atom. The lowest BCUT2D eigenvalue weighted by Gasteiger charge is -2.38. The fourth-order valence-corrected chi connectivity index (χ4v) is 2.99. The standard InChI is InChI=1S/C15H25N5O3.2ClH/c1-3-13-17-14(23-18-13)11(2)19-5-7-20(8-6-19)15(21)12-10-16-4-9-22-12;;/h11-12,16H,3-10H2,1-2H3;2*1H. The minimum absolute atomic E-state index is 0. The van der Waals surface area contributed by atoms with Gasteiger partial charge in [-0.05, 0) is 6.92 Å². The number of nitrogens with one attached hydrogen (secondary N) is 1. The van der Waals surface area contributed by atoms with Crippen molar-refractivity contribution < 1.29 is 14.1 Å². The third-order valence-electron chi connectivity index (χ3n) is 4.53. The van der Waals surface area contributed by atoms with Gasteiger partial charge in [0.1, 0.15) is 6.10 Å². The van der Waals surface area contributed by atoms with E-state index >= 15 is 0 Å². The summed E-state index contributed by atoms with van der Waals surface area (Å²) in [5.74, 6) is 1.49. The van der Waals surface area contributed by atoms with E-state index in [2.05, 4.69) is 27.3 Å². The van der Waals surface area contributed by atoms with Crippen LogP contribution in [-0.2, 0) is 16.0 Å². The molecule has 1 aromatic heterocycles. The minimum Gasteiger partial charge on any atom is -0.366 e. The summed E-state index contributed by atoms with van der Waals surface area (Å²) in [6.45, 7) is 9.12. The van der Waals surface area contributed by atoms with Crippen molar-refractivity contribution in [3.05, 3.63) is 11.7 Å². The highest BCUT2D eigenvalue weighted by molar-refractivity contribution is 5.85. The summed E-state index contributed by atoms with van der Waals surface area (Å²) in [4.78, 5) is 21.0. The van der Waals surface area contributed by atoms with Gasteiger partial charge in [0.05, 0.1) is 12.6 Å². The normalized spacial score (nSPS) is 22.6. The summed E-state index contributed by atoms with van der Waals surface area (Å²) in [5, 5.41) is 7.15. The van der Waals surface area contributed by atoms with Crippen LogP contribution >= 0.6 is 24.8 Å². The summed E-state index contributed by atoms with van der Waals surface area (Å²) < 4.78 is 10.9. The van der Waals surface area contributed by atoms with Gasteiger partial charge in [0, 0.05) is 45.7 Å². The fourth-order valence-electron chi connectivity index (χ4n) is 2.99. The quantitative estimate of drug-likeness (QED) is 0.801. The SMILES string of the molecule is CCc1noc(C(C)N2CCN(C(=O)C3CNCCO3)CC2)n1.Cl.Cl. The zero-order valence-electron chi connectivity index (χ0n) is 14.6. The van der Waals surface area contributed by atoms with Gasteiger partial charge in [0.2, 0.25) is 5.89 Å². The first kappa shape index (κ1) is 22.1. The third-order valence-corrected chi connectivity index (χ3v) is 4.53. The van der Waals surface area contributed by atoms with Crippen molar-refractivity contribution in [2.75, 3.05) is 45.9 Å². The number of carbonyl (C=O) groups is 1. The van der Waals surface area contributed by atoms with E-state index in [9.17, 15) is 4.79 Å². The van der Waals surface area contributed by atoms with Crippen LogP contribution < -0.4 is 5.32 Å². The van der Waals surface area contributed by atoms with Crippen LogP contribution in [0.2, 0.25) is 0 Å². The van der Waals surface area contributed by atoms with Crippen molar-refractivity contribution in [2.24, 2.45) is 0 Å². The molecule has 0 saturated carbocycles. The second kappa shape index (κ2) is 10.3. The van der Waals surface area contributed by atoms with Gasteiger partial charge in [-0.15, -0.1) is 24.8 Å². The zero-order chi connectivity index (χ0) is 16.2. The topological polar surface area (TPSA) is 83.7 Å². The first-order valence-electron chi connectivity index (χ1n) is 8.36. The number of halogens is 2. The number of ether oxygens (including phenoxy) is 1. The van der Waals surface area contributed by atoms with E-state index in [1.807, 2.05) is 11.8 Å². The molecule has 2 atom stereocenters. The molecule has 0 aliphatic carbocycles. The molecule has 2 saturated heterocycles. The second-order valence-electron chi connectivity index (χ2n) is 6.00. The Morgan fingerprint density at radius 2 is 2.04 bits per heavy atom. The van der Waals surface area contributed by atoms with Crippen LogP contribution in [-0.4, -0.2) is 77.8 Å². The van der Waals surface area contributed by atoms with Gasteiger partial charge >= 0.3 is 0 Å². The number of morpholine rings is 1. The van der Waals surface area contributed by atoms with E-state index < -0.39 is 0 Å². The molecule has 0 aromatic carbocycles. The molecule has 1 N–H and O–H groups in total. The van der Waals surface area contributed by atoms with Crippen molar-refractivity contribution in [1.29, 1.82) is 0 Å². The molecule has 8 nitrogen and oxygen atoms in total. The first-order valence-corrected chi connectivity index (χ1v) is 8.36. The number of aryl methyl sites for hydroxylation is 1. The predicted octanol–water partition coefficient (Wildman–Crippen LogP) is 0.669. The number of aromatic nitrogens is 2. The Balaban J connectivity index is 0.00000156. The average Bonchev–Trinajstić information content (AvgIpc) is 3.10. The molecule has 3 rings (SSSR count). The maximum absolute atomic E-state index is 12.4. The van der Waals surface area contributed by atoms with Gasteiger partial charge in [-0.25, -0.2) is 0 Å². The zero-order valence-corrected chi connectivity index (χ0v) is 16.3. The van der Waals surface area contributed by atoms with Gasteiger partial charge in [-0.3, -0.25) is 9.69 Å². The molecule has 2 fully saturated rings. The first-order chi connectivity index (χ1) is 11.2. The van der Waals surface area contributed by atoms with Crippen LogP contribution in [0.1, 0.15) is 31.6 Å². The van der Waals surface area contributed by atoms with Gasteiger partial charge in [-0.2, -0.15) is 4.98 Å². The molecule has 1 aromatic rings. The lowest BCUT2D eigenvalue weighted by atomic mass is 10.2. The van der Waals surface area contributed by atoms with Crippen LogP contribution in [0, 0.1) is 0 Å². The molecular formula is C15H27Cl2N5O3. The molecule has 2 aliphatic rings. The predicted molar refractivity (Wildman–Crippen MR) is 97.3 cm³/mol. The van der Waals surface area contributed by atoms with E-state index in [1.54, 1.807) is 0 Å². The Kier molecular flexibility index (Phi) is 9.09. The number of piperazine rings is 1. The monoisotopic (exact) mass is 395 g/mol. The molecule has 144 valence electrons. The summed E-state index contributed by atoms with van der Waals surface area (Å²) in [7, 11) is 0. The summed E-state index contributed by atoms with van der Waals surface area (Å²) in [6.07, 6.45) is 0.435. The number of carbonyl (C=O) groups excluding carboxylic acids is 1. The molecule has 2 aliphatic heterocycles. The van der Waals surface area contributed by atoms with E-state index in [0.29, 0.717) is 32.1 Å².